The molecule has 0 amide bonds. The normalized spacial score (nSPS) is 11.8. The smallest absolute Gasteiger partial charge is 0.382 e. The predicted molar refractivity (Wildman–Crippen MR) is 66.9 cm³/mol. The first-order chi connectivity index (χ1) is 8.81. The summed E-state index contributed by atoms with van der Waals surface area (Å²) in [6.45, 7) is 0. The monoisotopic (exact) mass is 287 g/mol. The molecule has 0 spiro atoms. The lowest BCUT2D eigenvalue weighted by molar-refractivity contribution is -0.0328. The van der Waals surface area contributed by atoms with Crippen LogP contribution >= 0.6 is 11.8 Å². The van der Waals surface area contributed by atoms with Crippen molar-refractivity contribution < 1.29 is 13.2 Å². The zero-order chi connectivity index (χ0) is 14.5. The number of anilines is 1. The Bertz CT molecular complexity index is 547. The number of nitrogens with zero attached hydrogens (tertiary/aromatic N) is 2. The summed E-state index contributed by atoms with van der Waals surface area (Å²) in [5.74, 6) is -0.532. The molecule has 0 aliphatic heterocycles. The zero-order valence-electron chi connectivity index (χ0n) is 9.32. The largest absolute Gasteiger partial charge is 0.446 e. The third-order valence-electron chi connectivity index (χ3n) is 1.73. The first-order valence-corrected chi connectivity index (χ1v) is 5.57. The van der Waals surface area contributed by atoms with Crippen molar-refractivity contribution in [1.82, 2.24) is 0 Å². The Kier molecular flexibility index (Phi) is 4.77. The lowest BCUT2D eigenvalue weighted by atomic mass is 10.3. The second-order valence-electron chi connectivity index (χ2n) is 3.17. The van der Waals surface area contributed by atoms with E-state index in [9.17, 15) is 13.2 Å². The van der Waals surface area contributed by atoms with Gasteiger partial charge in [0.15, 0.2) is 5.84 Å². The number of hydrogen-bond donors (Lipinski definition) is 3. The fraction of sp³-hybridized carbons (Fsp3) is 0.100. The van der Waals surface area contributed by atoms with Crippen LogP contribution in [0.15, 0.2) is 34.3 Å². The third kappa shape index (κ3) is 5.31. The summed E-state index contributed by atoms with van der Waals surface area (Å²) >= 11 is -0.259. The maximum absolute atomic E-state index is 12.2. The van der Waals surface area contributed by atoms with Gasteiger partial charge in [-0.3, -0.25) is 10.8 Å². The Hall–Kier alpha value is -2.21. The summed E-state index contributed by atoms with van der Waals surface area (Å²) < 4.78 is 36.5. The molecule has 100 valence electrons. The van der Waals surface area contributed by atoms with Gasteiger partial charge in [0.05, 0.1) is 5.69 Å². The highest BCUT2D eigenvalue weighted by molar-refractivity contribution is 8.00. The summed E-state index contributed by atoms with van der Waals surface area (Å²) in [6, 6.07) is 6.97. The van der Waals surface area contributed by atoms with Gasteiger partial charge in [0, 0.05) is 4.90 Å². The lowest BCUT2D eigenvalue weighted by Crippen LogP contribution is -2.21. The number of thioether (sulfide) groups is 1. The summed E-state index contributed by atoms with van der Waals surface area (Å²) in [4.78, 5) is -0.0194. The van der Waals surface area contributed by atoms with Crippen molar-refractivity contribution in [2.45, 2.75) is 10.4 Å². The molecule has 0 fully saturated rings. The van der Waals surface area contributed by atoms with E-state index in [1.165, 1.54) is 24.3 Å². The van der Waals surface area contributed by atoms with Crippen LogP contribution in [0.1, 0.15) is 0 Å². The van der Waals surface area contributed by atoms with Gasteiger partial charge in [-0.2, -0.15) is 23.5 Å². The van der Waals surface area contributed by atoms with E-state index in [-0.39, 0.29) is 28.1 Å². The van der Waals surface area contributed by atoms with Crippen molar-refractivity contribution in [2.24, 2.45) is 10.8 Å². The van der Waals surface area contributed by atoms with Gasteiger partial charge >= 0.3 is 5.51 Å². The Morgan fingerprint density at radius 3 is 2.68 bits per heavy atom. The first kappa shape index (κ1) is 14.8. The molecular formula is C10H8F3N5S. The molecule has 1 rings (SSSR count). The van der Waals surface area contributed by atoms with E-state index in [1.807, 2.05) is 0 Å². The van der Waals surface area contributed by atoms with Gasteiger partial charge in [0.2, 0.25) is 5.71 Å². The van der Waals surface area contributed by atoms with E-state index in [2.05, 4.69) is 10.5 Å². The van der Waals surface area contributed by atoms with Crippen molar-refractivity contribution in [3.63, 3.8) is 0 Å². The summed E-state index contributed by atoms with van der Waals surface area (Å²) in [5, 5.41) is 19.1. The minimum Gasteiger partial charge on any atom is -0.382 e. The van der Waals surface area contributed by atoms with Crippen LogP contribution in [0.5, 0.6) is 0 Å². The number of alkyl halides is 3. The molecular weight excluding hydrogens is 279 g/mol. The van der Waals surface area contributed by atoms with Crippen molar-refractivity contribution >= 4 is 29.0 Å². The van der Waals surface area contributed by atoms with E-state index in [0.29, 0.717) is 0 Å². The molecule has 0 bridgehead atoms. The van der Waals surface area contributed by atoms with Crippen molar-refractivity contribution in [3.05, 3.63) is 24.3 Å². The molecule has 5 nitrogen and oxygen atoms in total. The van der Waals surface area contributed by atoms with Gasteiger partial charge in [0.25, 0.3) is 0 Å². The van der Waals surface area contributed by atoms with Gasteiger partial charge < -0.3 is 5.73 Å². The predicted octanol–water partition coefficient (Wildman–Crippen LogP) is 2.53. The highest BCUT2D eigenvalue weighted by Crippen LogP contribution is 2.37. The van der Waals surface area contributed by atoms with Crippen LogP contribution in [0, 0.1) is 16.7 Å². The molecule has 0 radical (unpaired) electrons. The second kappa shape index (κ2) is 6.10. The van der Waals surface area contributed by atoms with Gasteiger partial charge in [-0.05, 0) is 30.0 Å². The summed E-state index contributed by atoms with van der Waals surface area (Å²) in [6.07, 6.45) is 0. The highest BCUT2D eigenvalue weighted by Gasteiger charge is 2.29. The van der Waals surface area contributed by atoms with Crippen LogP contribution in [-0.4, -0.2) is 17.1 Å². The van der Waals surface area contributed by atoms with Gasteiger partial charge in [-0.25, -0.2) is 0 Å². The van der Waals surface area contributed by atoms with Crippen molar-refractivity contribution in [1.29, 1.82) is 10.7 Å². The van der Waals surface area contributed by atoms with Gasteiger partial charge in [-0.15, -0.1) is 0 Å². The number of halogens is 3. The number of hydrazone groups is 1. The van der Waals surface area contributed by atoms with Crippen LogP contribution in [0.2, 0.25) is 0 Å². The minimum atomic E-state index is -4.38. The topological polar surface area (TPSA) is 98.0 Å². The Morgan fingerprint density at radius 1 is 1.47 bits per heavy atom. The molecule has 19 heavy (non-hydrogen) atoms. The molecule has 0 atom stereocenters. The second-order valence-corrected chi connectivity index (χ2v) is 4.31. The molecule has 0 saturated carbocycles. The molecule has 0 aliphatic rings. The summed E-state index contributed by atoms with van der Waals surface area (Å²) in [5.41, 5.74) is 2.95. The van der Waals surface area contributed by atoms with E-state index in [0.717, 1.165) is 0 Å². The van der Waals surface area contributed by atoms with E-state index < -0.39 is 11.3 Å². The maximum atomic E-state index is 12.2. The SMILES string of the molecule is N#C/C(=N\Nc1cccc(SC(F)(F)F)c1)C(=N)N. The third-order valence-corrected chi connectivity index (χ3v) is 2.45. The fourth-order valence-electron chi connectivity index (χ4n) is 1.03. The summed E-state index contributed by atoms with van der Waals surface area (Å²) in [7, 11) is 0. The van der Waals surface area contributed by atoms with E-state index >= 15 is 0 Å². The van der Waals surface area contributed by atoms with Crippen LogP contribution in [-0.2, 0) is 0 Å². The Balaban J connectivity index is 2.84. The molecule has 1 aromatic rings. The number of nitrogens with one attached hydrogen (secondary N) is 2. The van der Waals surface area contributed by atoms with Crippen LogP contribution in [0.25, 0.3) is 0 Å². The molecule has 0 heterocycles. The maximum Gasteiger partial charge on any atom is 0.446 e. The Labute approximate surface area is 110 Å². The van der Waals surface area contributed by atoms with Crippen LogP contribution < -0.4 is 11.2 Å². The Morgan fingerprint density at radius 2 is 2.16 bits per heavy atom. The lowest BCUT2D eigenvalue weighted by Gasteiger charge is -2.07. The number of nitriles is 1. The van der Waals surface area contributed by atoms with Crippen LogP contribution in [0.3, 0.4) is 0 Å². The van der Waals surface area contributed by atoms with E-state index in [4.69, 9.17) is 16.4 Å². The minimum absolute atomic E-state index is 0.0194. The number of amidine groups is 1. The number of rotatable bonds is 4. The number of benzene rings is 1. The highest BCUT2D eigenvalue weighted by atomic mass is 32.2. The molecule has 0 aromatic heterocycles. The van der Waals surface area contributed by atoms with E-state index in [1.54, 1.807) is 6.07 Å². The molecule has 9 heteroatoms. The molecule has 0 aliphatic carbocycles. The quantitative estimate of drug-likeness (QED) is 0.343. The fourth-order valence-corrected chi connectivity index (χ4v) is 1.63. The zero-order valence-corrected chi connectivity index (χ0v) is 10.1. The van der Waals surface area contributed by atoms with Crippen LogP contribution in [0.4, 0.5) is 18.9 Å². The number of hydrogen-bond acceptors (Lipinski definition) is 5. The first-order valence-electron chi connectivity index (χ1n) is 4.76. The van der Waals surface area contributed by atoms with Crippen molar-refractivity contribution in [2.75, 3.05) is 5.43 Å². The number of nitrogens with two attached hydrogens (primary N) is 1. The molecule has 0 saturated heterocycles. The average molecular weight is 287 g/mol. The molecule has 0 unspecified atom stereocenters. The molecule has 1 aromatic carbocycles. The average Bonchev–Trinajstić information content (AvgIpc) is 2.27. The molecule has 4 N–H and O–H groups in total. The van der Waals surface area contributed by atoms with Gasteiger partial charge in [0.1, 0.15) is 6.07 Å². The van der Waals surface area contributed by atoms with Crippen molar-refractivity contribution in [3.8, 4) is 6.07 Å². The standard InChI is InChI=1S/C10H8F3N5S/c11-10(12,13)19-7-3-1-2-6(4-7)17-18-8(5-14)9(15)16/h1-4,17H,(H3,15,16)/b18-8+. The van der Waals surface area contributed by atoms with Gasteiger partial charge in [-0.1, -0.05) is 6.07 Å².